The van der Waals surface area contributed by atoms with Crippen LogP contribution >= 0.6 is 0 Å². The van der Waals surface area contributed by atoms with Gasteiger partial charge in [0.2, 0.25) is 0 Å². The quantitative estimate of drug-likeness (QED) is 0.629. The van der Waals surface area contributed by atoms with Crippen LogP contribution in [-0.2, 0) is 11.4 Å². The van der Waals surface area contributed by atoms with Gasteiger partial charge in [-0.1, -0.05) is 48.5 Å². The second kappa shape index (κ2) is 8.16. The Labute approximate surface area is 108 Å². The van der Waals surface area contributed by atoms with Gasteiger partial charge in [-0.15, -0.1) is 0 Å². The normalized spacial score (nSPS) is 10.7. The van der Waals surface area contributed by atoms with Crippen LogP contribution in [0, 0.1) is 0 Å². The van der Waals surface area contributed by atoms with E-state index in [9.17, 15) is 13.6 Å². The van der Waals surface area contributed by atoms with Crippen LogP contribution in [0.1, 0.15) is 10.4 Å². The zero-order valence-corrected chi connectivity index (χ0v) is 10.2. The Kier molecular flexibility index (Phi) is 6.38. The number of rotatable bonds is 3. The van der Waals surface area contributed by atoms with Gasteiger partial charge in [-0.2, -0.15) is 0 Å². The Morgan fingerprint density at radius 1 is 0.944 bits per heavy atom. The molecule has 2 rings (SSSR count). The van der Waals surface area contributed by atoms with E-state index in [0.717, 1.165) is 11.8 Å². The molecule has 18 heavy (non-hydrogen) atoms. The summed E-state index contributed by atoms with van der Waals surface area (Å²) in [6.45, 7) is 0. The molecule has 5 heteroatoms. The van der Waals surface area contributed by atoms with Crippen LogP contribution in [0.4, 0.5) is 0 Å². The van der Waals surface area contributed by atoms with Crippen LogP contribution in [0.15, 0.2) is 60.7 Å². The van der Waals surface area contributed by atoms with E-state index in [0.29, 0.717) is 5.75 Å². The van der Waals surface area contributed by atoms with Crippen LogP contribution in [-0.4, -0.2) is 15.0 Å². The zero-order valence-electron chi connectivity index (χ0n) is 9.39. The minimum atomic E-state index is -2.47. The van der Waals surface area contributed by atoms with Crippen molar-refractivity contribution in [2.45, 2.75) is 0 Å². The van der Waals surface area contributed by atoms with Crippen molar-refractivity contribution in [1.29, 1.82) is 0 Å². The lowest BCUT2D eigenvalue weighted by Gasteiger charge is -2.05. The van der Waals surface area contributed by atoms with Gasteiger partial charge in [0.1, 0.15) is 23.4 Å². The highest BCUT2D eigenvalue weighted by molar-refractivity contribution is 7.74. The molecule has 0 aliphatic rings. The highest BCUT2D eigenvalue weighted by Gasteiger charge is 1.87. The van der Waals surface area contributed by atoms with Crippen molar-refractivity contribution in [3.63, 3.8) is 0 Å². The lowest BCUT2D eigenvalue weighted by molar-refractivity contribution is 0.112. The number of aldehydes is 1. The molecule has 0 spiro atoms. The van der Waals surface area contributed by atoms with Gasteiger partial charge in [0, 0.05) is 5.56 Å². The highest BCUT2D eigenvalue weighted by atomic mass is 32.2. The van der Waals surface area contributed by atoms with Crippen LogP contribution < -0.4 is 4.18 Å². The Hall–Kier alpha value is -1.98. The lowest BCUT2D eigenvalue weighted by atomic mass is 10.2. The van der Waals surface area contributed by atoms with Crippen molar-refractivity contribution in [2.75, 3.05) is 0 Å². The number of hydrogen-bond acceptors (Lipinski definition) is 4. The molecule has 0 bridgehead atoms. The summed E-state index contributed by atoms with van der Waals surface area (Å²) in [4.78, 5) is 10.0. The molecule has 0 amide bonds. The van der Waals surface area contributed by atoms with Gasteiger partial charge in [0.25, 0.3) is 0 Å². The van der Waals surface area contributed by atoms with Gasteiger partial charge in [-0.25, -0.2) is 4.21 Å². The standard InChI is InChI=1S/C7H6O.C6H6O3S/c8-6-7-4-2-1-3-5-7;7-10(8)9-6-4-2-1-3-5-6/h1-6H;1-5H,(H,7,8)/p-1. The molecule has 0 radical (unpaired) electrons. The fourth-order valence-corrected chi connectivity index (χ4v) is 1.35. The summed E-state index contributed by atoms with van der Waals surface area (Å²) in [7, 11) is 0. The Morgan fingerprint density at radius 2 is 1.44 bits per heavy atom. The van der Waals surface area contributed by atoms with Gasteiger partial charge in [-0.05, 0) is 12.1 Å². The monoisotopic (exact) mass is 263 g/mol. The summed E-state index contributed by atoms with van der Waals surface area (Å²) in [5, 5.41) is 0. The van der Waals surface area contributed by atoms with Gasteiger partial charge in [-0.3, -0.25) is 4.79 Å². The molecule has 0 N–H and O–H groups in total. The Bertz CT molecular complexity index is 485. The fraction of sp³-hybridized carbons (Fsp3) is 0. The van der Waals surface area contributed by atoms with E-state index in [4.69, 9.17) is 0 Å². The third-order valence-corrected chi connectivity index (χ3v) is 2.17. The fourth-order valence-electron chi connectivity index (χ4n) is 1.09. The molecule has 0 heterocycles. The van der Waals surface area contributed by atoms with Crippen molar-refractivity contribution < 1.29 is 17.7 Å². The average molecular weight is 263 g/mol. The van der Waals surface area contributed by atoms with E-state index in [1.54, 1.807) is 42.5 Å². The van der Waals surface area contributed by atoms with Crippen molar-refractivity contribution in [2.24, 2.45) is 0 Å². The molecule has 0 aromatic heterocycles. The van der Waals surface area contributed by atoms with Crippen molar-refractivity contribution >= 4 is 17.6 Å². The molecule has 2 aromatic carbocycles. The molecule has 94 valence electrons. The Morgan fingerprint density at radius 3 is 1.83 bits per heavy atom. The van der Waals surface area contributed by atoms with Crippen LogP contribution in [0.25, 0.3) is 0 Å². The van der Waals surface area contributed by atoms with E-state index in [1.165, 1.54) is 0 Å². The first-order valence-corrected chi connectivity index (χ1v) is 6.05. The molecule has 2 aromatic rings. The summed E-state index contributed by atoms with van der Waals surface area (Å²) >= 11 is -2.47. The summed E-state index contributed by atoms with van der Waals surface area (Å²) in [6, 6.07) is 17.4. The van der Waals surface area contributed by atoms with E-state index >= 15 is 0 Å². The topological polar surface area (TPSA) is 66.4 Å². The highest BCUT2D eigenvalue weighted by Crippen LogP contribution is 2.08. The van der Waals surface area contributed by atoms with Crippen molar-refractivity contribution in [3.05, 3.63) is 66.2 Å². The predicted molar refractivity (Wildman–Crippen MR) is 67.8 cm³/mol. The summed E-state index contributed by atoms with van der Waals surface area (Å²) in [6.07, 6.45) is 0.833. The van der Waals surface area contributed by atoms with E-state index in [-0.39, 0.29) is 0 Å². The molecule has 0 fully saturated rings. The van der Waals surface area contributed by atoms with Crippen LogP contribution in [0.5, 0.6) is 5.75 Å². The number of carbonyl (C=O) groups excluding carboxylic acids is 1. The third kappa shape index (κ3) is 5.93. The molecule has 0 saturated heterocycles. The maximum absolute atomic E-state index is 10.0. The molecular formula is C13H11O4S-. The lowest BCUT2D eigenvalue weighted by Crippen LogP contribution is -1.96. The van der Waals surface area contributed by atoms with E-state index in [1.807, 2.05) is 18.2 Å². The molecule has 4 nitrogen and oxygen atoms in total. The van der Waals surface area contributed by atoms with Gasteiger partial charge in [0.15, 0.2) is 0 Å². The maximum atomic E-state index is 10.0. The number of para-hydroxylation sites is 1. The molecule has 1 unspecified atom stereocenters. The SMILES string of the molecule is O=Cc1ccccc1.O=S([O-])Oc1ccccc1. The molecular weight excluding hydrogens is 252 g/mol. The maximum Gasteiger partial charge on any atom is 0.150 e. The molecule has 1 atom stereocenters. The molecule has 0 aliphatic heterocycles. The van der Waals surface area contributed by atoms with Gasteiger partial charge < -0.3 is 8.74 Å². The second-order valence-electron chi connectivity index (χ2n) is 3.13. The number of hydrogen-bond donors (Lipinski definition) is 0. The predicted octanol–water partition coefficient (Wildman–Crippen LogP) is 2.36. The van der Waals surface area contributed by atoms with Crippen molar-refractivity contribution in [3.8, 4) is 5.75 Å². The van der Waals surface area contributed by atoms with Crippen molar-refractivity contribution in [1.82, 2.24) is 0 Å². The minimum Gasteiger partial charge on any atom is -0.740 e. The van der Waals surface area contributed by atoms with E-state index < -0.39 is 11.4 Å². The first-order chi connectivity index (χ1) is 8.72. The average Bonchev–Trinajstić information content (AvgIpc) is 2.41. The zero-order chi connectivity index (χ0) is 13.2. The first-order valence-electron chi connectivity index (χ1n) is 5.05. The molecule has 0 aliphatic carbocycles. The van der Waals surface area contributed by atoms with Crippen LogP contribution in [0.3, 0.4) is 0 Å². The second-order valence-corrected chi connectivity index (χ2v) is 3.70. The third-order valence-electron chi connectivity index (χ3n) is 1.84. The first kappa shape index (κ1) is 14.1. The number of benzene rings is 2. The summed E-state index contributed by atoms with van der Waals surface area (Å²) in [5.74, 6) is 0.329. The van der Waals surface area contributed by atoms with Gasteiger partial charge >= 0.3 is 0 Å². The largest absolute Gasteiger partial charge is 0.740 e. The minimum absolute atomic E-state index is 0.329. The summed E-state index contributed by atoms with van der Waals surface area (Å²) in [5.41, 5.74) is 0.729. The Balaban J connectivity index is 0.000000184. The smallest absolute Gasteiger partial charge is 0.150 e. The van der Waals surface area contributed by atoms with Crippen LogP contribution in [0.2, 0.25) is 0 Å². The molecule has 0 saturated carbocycles. The summed E-state index contributed by atoms with van der Waals surface area (Å²) < 4.78 is 24.2. The number of carbonyl (C=O) groups is 1. The van der Waals surface area contributed by atoms with Gasteiger partial charge in [0.05, 0.1) is 0 Å². The van der Waals surface area contributed by atoms with E-state index in [2.05, 4.69) is 4.18 Å².